The minimum absolute atomic E-state index is 0.167. The summed E-state index contributed by atoms with van der Waals surface area (Å²) < 4.78 is 0. The van der Waals surface area contributed by atoms with Gasteiger partial charge < -0.3 is 11.1 Å². The number of hydrogen-bond acceptors (Lipinski definition) is 3. The first-order valence-corrected chi connectivity index (χ1v) is 4.98. The Morgan fingerprint density at radius 2 is 2.33 bits per heavy atom. The second-order valence-corrected chi connectivity index (χ2v) is 3.92. The molecule has 1 atom stereocenters. The normalized spacial score (nSPS) is 14.4. The molecule has 1 unspecified atom stereocenters. The summed E-state index contributed by atoms with van der Waals surface area (Å²) in [5.74, 6) is -0.167. The molecule has 1 amide bonds. The maximum absolute atomic E-state index is 11.8. The van der Waals surface area contributed by atoms with Gasteiger partial charge in [-0.3, -0.25) is 9.78 Å². The molecule has 1 aromatic heterocycles. The van der Waals surface area contributed by atoms with Gasteiger partial charge in [-0.1, -0.05) is 6.92 Å². The van der Waals surface area contributed by atoms with Crippen molar-refractivity contribution >= 4 is 11.6 Å². The molecule has 0 saturated carbocycles. The summed E-state index contributed by atoms with van der Waals surface area (Å²) in [5.41, 5.74) is 6.70. The van der Waals surface area contributed by atoms with Crippen LogP contribution in [-0.2, 0) is 4.79 Å². The van der Waals surface area contributed by atoms with Gasteiger partial charge in [0.25, 0.3) is 0 Å². The molecule has 0 spiro atoms. The molecule has 0 bridgehead atoms. The number of hydrogen-bond donors (Lipinski definition) is 2. The Morgan fingerprint density at radius 1 is 1.67 bits per heavy atom. The van der Waals surface area contributed by atoms with Gasteiger partial charge >= 0.3 is 0 Å². The molecule has 0 radical (unpaired) electrons. The zero-order chi connectivity index (χ0) is 11.5. The molecular weight excluding hydrogens is 190 g/mol. The summed E-state index contributed by atoms with van der Waals surface area (Å²) in [6.07, 6.45) is 3.95. The standard InChI is InChI=1S/C11H17N3O/c1-4-11(3,12)10(15)14-9-5-6-13-7-8(9)2/h5-7H,4,12H2,1-3H3,(H,13,14,15). The van der Waals surface area contributed by atoms with Crippen LogP contribution in [0, 0.1) is 6.92 Å². The predicted octanol–water partition coefficient (Wildman–Crippen LogP) is 1.46. The van der Waals surface area contributed by atoms with Crippen molar-refractivity contribution in [2.45, 2.75) is 32.7 Å². The Balaban J connectivity index is 2.80. The summed E-state index contributed by atoms with van der Waals surface area (Å²) >= 11 is 0. The zero-order valence-corrected chi connectivity index (χ0v) is 9.37. The molecule has 0 aliphatic carbocycles. The minimum atomic E-state index is -0.824. The maximum atomic E-state index is 11.8. The Hall–Kier alpha value is -1.42. The molecule has 1 aromatic rings. The first kappa shape index (κ1) is 11.7. The number of aromatic nitrogens is 1. The average molecular weight is 207 g/mol. The van der Waals surface area contributed by atoms with Gasteiger partial charge in [0.15, 0.2) is 0 Å². The molecule has 3 N–H and O–H groups in total. The van der Waals surface area contributed by atoms with Gasteiger partial charge in [0.1, 0.15) is 0 Å². The molecule has 0 fully saturated rings. The van der Waals surface area contributed by atoms with Crippen molar-refractivity contribution in [2.24, 2.45) is 5.73 Å². The highest BCUT2D eigenvalue weighted by atomic mass is 16.2. The molecule has 82 valence electrons. The number of carbonyl (C=O) groups is 1. The number of aryl methyl sites for hydroxylation is 1. The van der Waals surface area contributed by atoms with Crippen LogP contribution in [0.15, 0.2) is 18.5 Å². The van der Waals surface area contributed by atoms with Crippen LogP contribution >= 0.6 is 0 Å². The van der Waals surface area contributed by atoms with E-state index >= 15 is 0 Å². The molecule has 0 aromatic carbocycles. The van der Waals surface area contributed by atoms with Gasteiger partial charge in [0, 0.05) is 18.1 Å². The first-order chi connectivity index (χ1) is 6.97. The van der Waals surface area contributed by atoms with Gasteiger partial charge in [-0.25, -0.2) is 0 Å². The fourth-order valence-electron chi connectivity index (χ4n) is 1.04. The highest BCUT2D eigenvalue weighted by Gasteiger charge is 2.26. The van der Waals surface area contributed by atoms with Crippen LogP contribution in [-0.4, -0.2) is 16.4 Å². The van der Waals surface area contributed by atoms with Gasteiger partial charge in [-0.2, -0.15) is 0 Å². The predicted molar refractivity (Wildman–Crippen MR) is 60.5 cm³/mol. The number of rotatable bonds is 3. The second-order valence-electron chi connectivity index (χ2n) is 3.92. The monoisotopic (exact) mass is 207 g/mol. The lowest BCUT2D eigenvalue weighted by atomic mass is 9.99. The lowest BCUT2D eigenvalue weighted by Crippen LogP contribution is -2.47. The van der Waals surface area contributed by atoms with E-state index in [4.69, 9.17) is 5.73 Å². The number of nitrogens with one attached hydrogen (secondary N) is 1. The topological polar surface area (TPSA) is 68.0 Å². The van der Waals surface area contributed by atoms with Crippen LogP contribution < -0.4 is 11.1 Å². The smallest absolute Gasteiger partial charge is 0.244 e. The van der Waals surface area contributed by atoms with E-state index in [0.717, 1.165) is 11.3 Å². The van der Waals surface area contributed by atoms with E-state index in [0.29, 0.717) is 6.42 Å². The van der Waals surface area contributed by atoms with Gasteiger partial charge in [-0.15, -0.1) is 0 Å². The summed E-state index contributed by atoms with van der Waals surface area (Å²) in [4.78, 5) is 15.7. The first-order valence-electron chi connectivity index (χ1n) is 4.98. The van der Waals surface area contributed by atoms with Crippen molar-refractivity contribution in [1.29, 1.82) is 0 Å². The van der Waals surface area contributed by atoms with Crippen LogP contribution in [0.1, 0.15) is 25.8 Å². The number of nitrogens with zero attached hydrogens (tertiary/aromatic N) is 1. The maximum Gasteiger partial charge on any atom is 0.244 e. The largest absolute Gasteiger partial charge is 0.324 e. The fraction of sp³-hybridized carbons (Fsp3) is 0.455. The molecule has 15 heavy (non-hydrogen) atoms. The fourth-order valence-corrected chi connectivity index (χ4v) is 1.04. The minimum Gasteiger partial charge on any atom is -0.324 e. The highest BCUT2D eigenvalue weighted by molar-refractivity contribution is 5.98. The average Bonchev–Trinajstić information content (AvgIpc) is 2.21. The van der Waals surface area contributed by atoms with E-state index in [1.54, 1.807) is 25.4 Å². The van der Waals surface area contributed by atoms with Crippen LogP contribution in [0.5, 0.6) is 0 Å². The number of nitrogens with two attached hydrogens (primary N) is 1. The van der Waals surface area contributed by atoms with Crippen molar-refractivity contribution in [3.05, 3.63) is 24.0 Å². The number of anilines is 1. The van der Waals surface area contributed by atoms with Crippen LogP contribution in [0.2, 0.25) is 0 Å². The molecule has 0 aliphatic heterocycles. The SMILES string of the molecule is CCC(C)(N)C(=O)Nc1ccncc1C. The molecule has 0 aliphatic rings. The van der Waals surface area contributed by atoms with E-state index in [-0.39, 0.29) is 5.91 Å². The summed E-state index contributed by atoms with van der Waals surface area (Å²) in [6, 6.07) is 1.76. The number of amides is 1. The van der Waals surface area contributed by atoms with E-state index in [1.807, 2.05) is 13.8 Å². The van der Waals surface area contributed by atoms with E-state index < -0.39 is 5.54 Å². The van der Waals surface area contributed by atoms with Crippen molar-refractivity contribution < 1.29 is 4.79 Å². The summed E-state index contributed by atoms with van der Waals surface area (Å²) in [6.45, 7) is 5.50. The van der Waals surface area contributed by atoms with Crippen molar-refractivity contribution in [3.8, 4) is 0 Å². The molecule has 0 saturated heterocycles. The molecular formula is C11H17N3O. The van der Waals surface area contributed by atoms with Crippen LogP contribution in [0.25, 0.3) is 0 Å². The Kier molecular flexibility index (Phi) is 3.42. The van der Waals surface area contributed by atoms with E-state index in [9.17, 15) is 4.79 Å². The van der Waals surface area contributed by atoms with Gasteiger partial charge in [0.05, 0.1) is 5.54 Å². The molecule has 4 nitrogen and oxygen atoms in total. The third-order valence-electron chi connectivity index (χ3n) is 2.52. The molecule has 1 heterocycles. The van der Waals surface area contributed by atoms with Crippen molar-refractivity contribution in [1.82, 2.24) is 4.98 Å². The van der Waals surface area contributed by atoms with Gasteiger partial charge in [-0.05, 0) is 31.9 Å². The number of carbonyl (C=O) groups excluding carboxylic acids is 1. The quantitative estimate of drug-likeness (QED) is 0.788. The summed E-state index contributed by atoms with van der Waals surface area (Å²) in [7, 11) is 0. The van der Waals surface area contributed by atoms with E-state index in [2.05, 4.69) is 10.3 Å². The van der Waals surface area contributed by atoms with E-state index in [1.165, 1.54) is 0 Å². The third-order valence-corrected chi connectivity index (χ3v) is 2.52. The zero-order valence-electron chi connectivity index (χ0n) is 9.37. The summed E-state index contributed by atoms with van der Waals surface area (Å²) in [5, 5.41) is 2.80. The Morgan fingerprint density at radius 3 is 2.87 bits per heavy atom. The van der Waals surface area contributed by atoms with Crippen molar-refractivity contribution in [2.75, 3.05) is 5.32 Å². The Bertz CT molecular complexity index is 361. The van der Waals surface area contributed by atoms with Gasteiger partial charge in [0.2, 0.25) is 5.91 Å². The highest BCUT2D eigenvalue weighted by Crippen LogP contribution is 2.14. The van der Waals surface area contributed by atoms with Crippen molar-refractivity contribution in [3.63, 3.8) is 0 Å². The number of pyridine rings is 1. The van der Waals surface area contributed by atoms with Crippen LogP contribution in [0.3, 0.4) is 0 Å². The lowest BCUT2D eigenvalue weighted by molar-refractivity contribution is -0.120. The lowest BCUT2D eigenvalue weighted by Gasteiger charge is -2.21. The third kappa shape index (κ3) is 2.76. The molecule has 4 heteroatoms. The Labute approximate surface area is 89.9 Å². The molecule has 1 rings (SSSR count). The second kappa shape index (κ2) is 4.40. The van der Waals surface area contributed by atoms with Crippen LogP contribution in [0.4, 0.5) is 5.69 Å².